The van der Waals surface area contributed by atoms with E-state index in [-0.39, 0.29) is 11.3 Å². The number of hydrogen-bond acceptors (Lipinski definition) is 6. The fraction of sp³-hybridized carbons (Fsp3) is 0.276. The number of fused-ring (bicyclic) bond motifs is 1. The Hall–Kier alpha value is -4.25. The highest BCUT2D eigenvalue weighted by atomic mass is 19.4. The molecule has 0 aliphatic heterocycles. The summed E-state index contributed by atoms with van der Waals surface area (Å²) in [7, 11) is 5.63. The number of aromatic nitrogens is 2. The lowest BCUT2D eigenvalue weighted by Gasteiger charge is -2.17. The van der Waals surface area contributed by atoms with Crippen LogP contribution in [0.5, 0.6) is 0 Å². The van der Waals surface area contributed by atoms with Crippen molar-refractivity contribution in [3.05, 3.63) is 77.7 Å². The van der Waals surface area contributed by atoms with E-state index in [1.807, 2.05) is 25.1 Å². The second-order valence-corrected chi connectivity index (χ2v) is 9.56. The predicted molar refractivity (Wildman–Crippen MR) is 150 cm³/mol. The molecule has 7 nitrogen and oxygen atoms in total. The average molecular weight is 555 g/mol. The van der Waals surface area contributed by atoms with Gasteiger partial charge in [-0.05, 0) is 87.1 Å². The molecule has 0 unspecified atom stereocenters. The fourth-order valence-corrected chi connectivity index (χ4v) is 4.16. The summed E-state index contributed by atoms with van der Waals surface area (Å²) >= 11 is 0. The molecule has 0 radical (unpaired) electrons. The van der Waals surface area contributed by atoms with Gasteiger partial charge < -0.3 is 20.9 Å². The number of halogens is 4. The van der Waals surface area contributed by atoms with Crippen LogP contribution in [-0.2, 0) is 6.18 Å². The van der Waals surface area contributed by atoms with E-state index in [9.17, 15) is 22.4 Å². The monoisotopic (exact) mass is 554 g/mol. The molecule has 0 aliphatic carbocycles. The maximum absolute atomic E-state index is 14.8. The summed E-state index contributed by atoms with van der Waals surface area (Å²) in [6, 6.07) is 12.5. The van der Waals surface area contributed by atoms with Crippen LogP contribution in [-0.4, -0.2) is 55.0 Å². The Balaban J connectivity index is 1.59. The first-order valence-electron chi connectivity index (χ1n) is 12.7. The summed E-state index contributed by atoms with van der Waals surface area (Å²) in [5.74, 6) is -1.19. The number of hydrogen-bond donors (Lipinski definition) is 3. The Morgan fingerprint density at radius 2 is 1.70 bits per heavy atom. The lowest BCUT2D eigenvalue weighted by Crippen LogP contribution is -2.17. The maximum Gasteiger partial charge on any atom is 0.416 e. The molecule has 4 aromatic rings. The van der Waals surface area contributed by atoms with Crippen LogP contribution in [0.15, 0.2) is 60.8 Å². The smallest absolute Gasteiger partial charge is 0.383 e. The number of unbranched alkanes of at least 4 members (excludes halogenated alkanes) is 1. The summed E-state index contributed by atoms with van der Waals surface area (Å²) in [4.78, 5) is 23.8. The molecule has 40 heavy (non-hydrogen) atoms. The molecule has 0 fully saturated rings. The second-order valence-electron chi connectivity index (χ2n) is 9.56. The van der Waals surface area contributed by atoms with Gasteiger partial charge in [-0.2, -0.15) is 13.2 Å². The molecule has 0 aliphatic rings. The molecule has 0 saturated heterocycles. The van der Waals surface area contributed by atoms with E-state index in [2.05, 4.69) is 25.9 Å². The summed E-state index contributed by atoms with van der Waals surface area (Å²) in [6.45, 7) is 1.36. The van der Waals surface area contributed by atoms with Gasteiger partial charge in [0.05, 0.1) is 28.0 Å². The molecule has 11 heteroatoms. The van der Waals surface area contributed by atoms with Gasteiger partial charge in [-0.15, -0.1) is 0 Å². The number of nitrogens with one attached hydrogen (secondary N) is 3. The molecule has 0 bridgehead atoms. The van der Waals surface area contributed by atoms with Gasteiger partial charge in [0.15, 0.2) is 0 Å². The van der Waals surface area contributed by atoms with Crippen molar-refractivity contribution >= 4 is 34.1 Å². The van der Waals surface area contributed by atoms with E-state index in [4.69, 9.17) is 0 Å². The standard InChI is InChI=1S/C29H30F4N6O/c1-34-28-36-17-20-14-18(7-10-24(20)38-28)19-6-9-23(30)22(15-19)27(40)37-26-16-21(29(31,32)33)8-11-25(26)35-12-4-5-13-39(2)3/h6-11,14-17,35H,4-5,12-13H2,1-3H3,(H,37,40)(H,34,36,38). The van der Waals surface area contributed by atoms with Crippen LogP contribution < -0.4 is 16.0 Å². The highest BCUT2D eigenvalue weighted by Gasteiger charge is 2.31. The second kappa shape index (κ2) is 12.3. The van der Waals surface area contributed by atoms with E-state index >= 15 is 0 Å². The van der Waals surface area contributed by atoms with Crippen molar-refractivity contribution in [1.29, 1.82) is 0 Å². The number of rotatable bonds is 10. The Kier molecular flexibility index (Phi) is 8.83. The summed E-state index contributed by atoms with van der Waals surface area (Å²) in [5, 5.41) is 9.19. The van der Waals surface area contributed by atoms with Crippen LogP contribution in [0.25, 0.3) is 22.0 Å². The van der Waals surface area contributed by atoms with Gasteiger partial charge in [-0.25, -0.2) is 14.4 Å². The molecule has 3 N–H and O–H groups in total. The number of amides is 1. The van der Waals surface area contributed by atoms with Crippen LogP contribution >= 0.6 is 0 Å². The molecule has 4 rings (SSSR count). The van der Waals surface area contributed by atoms with Gasteiger partial charge >= 0.3 is 6.18 Å². The van der Waals surface area contributed by atoms with E-state index < -0.39 is 23.5 Å². The van der Waals surface area contributed by atoms with Crippen LogP contribution in [0.2, 0.25) is 0 Å². The van der Waals surface area contributed by atoms with Gasteiger partial charge in [-0.1, -0.05) is 12.1 Å². The Morgan fingerprint density at radius 1 is 0.950 bits per heavy atom. The minimum absolute atomic E-state index is 0.0829. The van der Waals surface area contributed by atoms with Gasteiger partial charge in [0, 0.05) is 25.2 Å². The largest absolute Gasteiger partial charge is 0.416 e. The van der Waals surface area contributed by atoms with Crippen molar-refractivity contribution in [1.82, 2.24) is 14.9 Å². The first-order valence-corrected chi connectivity index (χ1v) is 12.7. The minimum atomic E-state index is -4.61. The Labute approximate surface area is 229 Å². The Morgan fingerprint density at radius 3 is 2.42 bits per heavy atom. The van der Waals surface area contributed by atoms with Crippen LogP contribution in [0.4, 0.5) is 34.9 Å². The summed E-state index contributed by atoms with van der Waals surface area (Å²) < 4.78 is 55.1. The number of anilines is 3. The zero-order valence-electron chi connectivity index (χ0n) is 22.4. The lowest BCUT2D eigenvalue weighted by molar-refractivity contribution is -0.137. The summed E-state index contributed by atoms with van der Waals surface area (Å²) in [6.07, 6.45) is -1.30. The van der Waals surface area contributed by atoms with Crippen molar-refractivity contribution in [2.75, 3.05) is 50.2 Å². The molecule has 1 heterocycles. The predicted octanol–water partition coefficient (Wildman–Crippen LogP) is 6.50. The Bertz CT molecular complexity index is 1510. The molecule has 0 spiro atoms. The van der Waals surface area contributed by atoms with Crippen molar-refractivity contribution in [2.45, 2.75) is 19.0 Å². The van der Waals surface area contributed by atoms with E-state index in [1.54, 1.807) is 25.4 Å². The van der Waals surface area contributed by atoms with Crippen molar-refractivity contribution in [2.24, 2.45) is 0 Å². The third-order valence-electron chi connectivity index (χ3n) is 6.29. The molecule has 1 aromatic heterocycles. The number of carbonyl (C=O) groups is 1. The van der Waals surface area contributed by atoms with E-state index in [0.29, 0.717) is 34.8 Å². The molecule has 0 atom stereocenters. The molecule has 1 amide bonds. The maximum atomic E-state index is 14.8. The molecule has 210 valence electrons. The van der Waals surface area contributed by atoms with Crippen LogP contribution in [0.1, 0.15) is 28.8 Å². The third-order valence-corrected chi connectivity index (χ3v) is 6.29. The average Bonchev–Trinajstić information content (AvgIpc) is 2.92. The van der Waals surface area contributed by atoms with Crippen molar-refractivity contribution < 1.29 is 22.4 Å². The number of carbonyl (C=O) groups excluding carboxylic acids is 1. The molecular formula is C29H30F4N6O. The van der Waals surface area contributed by atoms with E-state index in [0.717, 1.165) is 43.0 Å². The van der Waals surface area contributed by atoms with Gasteiger partial charge in [0.2, 0.25) is 5.95 Å². The minimum Gasteiger partial charge on any atom is -0.383 e. The number of benzene rings is 3. The fourth-order valence-electron chi connectivity index (χ4n) is 4.16. The quantitative estimate of drug-likeness (QED) is 0.153. The van der Waals surface area contributed by atoms with Crippen molar-refractivity contribution in [3.8, 4) is 11.1 Å². The first kappa shape index (κ1) is 28.8. The van der Waals surface area contributed by atoms with Crippen LogP contribution in [0.3, 0.4) is 0 Å². The van der Waals surface area contributed by atoms with Crippen LogP contribution in [0, 0.1) is 5.82 Å². The number of alkyl halides is 3. The first-order chi connectivity index (χ1) is 19.0. The van der Waals surface area contributed by atoms with Crippen molar-refractivity contribution in [3.63, 3.8) is 0 Å². The van der Waals surface area contributed by atoms with Gasteiger partial charge in [-0.3, -0.25) is 4.79 Å². The van der Waals surface area contributed by atoms with Gasteiger partial charge in [0.25, 0.3) is 5.91 Å². The highest BCUT2D eigenvalue weighted by molar-refractivity contribution is 6.07. The van der Waals surface area contributed by atoms with E-state index in [1.165, 1.54) is 18.2 Å². The molecule has 0 saturated carbocycles. The normalized spacial score (nSPS) is 11.6. The molecular weight excluding hydrogens is 524 g/mol. The third kappa shape index (κ3) is 7.03. The molecule has 3 aromatic carbocycles. The topological polar surface area (TPSA) is 82.2 Å². The SMILES string of the molecule is CNc1ncc2cc(-c3ccc(F)c(C(=O)Nc4cc(C(F)(F)F)ccc4NCCCCN(C)C)c3)ccc2n1. The summed E-state index contributed by atoms with van der Waals surface area (Å²) in [5.41, 5.74) is 0.966. The highest BCUT2D eigenvalue weighted by Crippen LogP contribution is 2.35. The lowest BCUT2D eigenvalue weighted by atomic mass is 10.0. The van der Waals surface area contributed by atoms with Gasteiger partial charge in [0.1, 0.15) is 5.82 Å². The number of nitrogens with zero attached hydrogens (tertiary/aromatic N) is 3. The zero-order valence-corrected chi connectivity index (χ0v) is 22.4. The zero-order chi connectivity index (χ0) is 28.9.